The van der Waals surface area contributed by atoms with Crippen molar-refractivity contribution in [3.8, 4) is 11.3 Å². The molecule has 0 radical (unpaired) electrons. The van der Waals surface area contributed by atoms with Crippen LogP contribution in [0.15, 0.2) is 41.5 Å². The summed E-state index contributed by atoms with van der Waals surface area (Å²) in [5, 5.41) is 14.8. The molecule has 1 saturated carbocycles. The molecular formula is C21H29N5O2. The fourth-order valence-electron chi connectivity index (χ4n) is 4.35. The summed E-state index contributed by atoms with van der Waals surface area (Å²) in [6.07, 6.45) is 7.75. The first-order valence-electron chi connectivity index (χ1n) is 10.3. The maximum absolute atomic E-state index is 12.2. The maximum atomic E-state index is 12.2. The molecule has 1 saturated heterocycles. The number of aromatic nitrogens is 3. The van der Waals surface area contributed by atoms with Gasteiger partial charge in [0.2, 0.25) is 0 Å². The van der Waals surface area contributed by atoms with Crippen molar-refractivity contribution in [2.24, 2.45) is 0 Å². The molecule has 4 rings (SSSR count). The molecule has 1 aliphatic carbocycles. The zero-order valence-corrected chi connectivity index (χ0v) is 16.3. The molecule has 0 bridgehead atoms. The lowest BCUT2D eigenvalue weighted by Gasteiger charge is -2.42. The Kier molecular flexibility index (Phi) is 6.14. The zero-order chi connectivity index (χ0) is 19.3. The number of pyridine rings is 1. The Hall–Kier alpha value is -2.09. The molecule has 2 fully saturated rings. The molecule has 3 heterocycles. The highest BCUT2D eigenvalue weighted by molar-refractivity contribution is 5.56. The number of aliphatic hydroxyl groups excluding tert-OH is 1. The molecule has 0 aromatic carbocycles. The number of hydrogen-bond acceptors (Lipinski definition) is 6. The Labute approximate surface area is 165 Å². The van der Waals surface area contributed by atoms with Crippen LogP contribution in [0.3, 0.4) is 0 Å². The van der Waals surface area contributed by atoms with Crippen LogP contribution >= 0.6 is 0 Å². The fourth-order valence-corrected chi connectivity index (χ4v) is 4.35. The highest BCUT2D eigenvalue weighted by atomic mass is 16.3. The minimum atomic E-state index is -0.168. The van der Waals surface area contributed by atoms with E-state index < -0.39 is 0 Å². The van der Waals surface area contributed by atoms with Crippen LogP contribution in [0.1, 0.15) is 25.7 Å². The molecular weight excluding hydrogens is 354 g/mol. The quantitative estimate of drug-likeness (QED) is 0.837. The van der Waals surface area contributed by atoms with E-state index in [0.717, 1.165) is 63.2 Å². The summed E-state index contributed by atoms with van der Waals surface area (Å²) in [6, 6.07) is 7.48. The Bertz CT molecular complexity index is 817. The summed E-state index contributed by atoms with van der Waals surface area (Å²) in [7, 11) is 0. The smallest absolute Gasteiger partial charge is 0.266 e. The van der Waals surface area contributed by atoms with E-state index in [1.807, 2.05) is 12.1 Å². The van der Waals surface area contributed by atoms with Gasteiger partial charge in [0.05, 0.1) is 18.3 Å². The van der Waals surface area contributed by atoms with Crippen LogP contribution < -0.4 is 5.56 Å². The van der Waals surface area contributed by atoms with Crippen molar-refractivity contribution < 1.29 is 5.11 Å². The average molecular weight is 383 g/mol. The summed E-state index contributed by atoms with van der Waals surface area (Å²) in [5.74, 6) is 0. The molecule has 7 heteroatoms. The van der Waals surface area contributed by atoms with Crippen LogP contribution in [0.2, 0.25) is 0 Å². The lowest BCUT2D eigenvalue weighted by Crippen LogP contribution is -2.54. The van der Waals surface area contributed by atoms with Crippen molar-refractivity contribution in [3.63, 3.8) is 0 Å². The topological polar surface area (TPSA) is 74.5 Å². The van der Waals surface area contributed by atoms with Crippen molar-refractivity contribution in [2.45, 2.75) is 44.4 Å². The second-order valence-corrected chi connectivity index (χ2v) is 7.82. The number of piperazine rings is 1. The predicted molar refractivity (Wildman–Crippen MR) is 108 cm³/mol. The minimum absolute atomic E-state index is 0.0726. The Morgan fingerprint density at radius 1 is 1.04 bits per heavy atom. The monoisotopic (exact) mass is 383 g/mol. The zero-order valence-electron chi connectivity index (χ0n) is 16.3. The van der Waals surface area contributed by atoms with E-state index in [1.165, 1.54) is 6.42 Å². The SMILES string of the molecule is O=c1ccc(-c2cccnc2)nn1CCN1CCN(C2CCCCC2O)CC1. The van der Waals surface area contributed by atoms with Gasteiger partial charge in [0.25, 0.3) is 5.56 Å². The Morgan fingerprint density at radius 3 is 2.61 bits per heavy atom. The molecule has 2 atom stereocenters. The van der Waals surface area contributed by atoms with Crippen molar-refractivity contribution >= 4 is 0 Å². The van der Waals surface area contributed by atoms with Crippen molar-refractivity contribution in [2.75, 3.05) is 32.7 Å². The van der Waals surface area contributed by atoms with Crippen molar-refractivity contribution in [1.82, 2.24) is 24.6 Å². The lowest BCUT2D eigenvalue weighted by molar-refractivity contribution is -0.00404. The predicted octanol–water partition coefficient (Wildman–Crippen LogP) is 1.23. The molecule has 0 spiro atoms. The van der Waals surface area contributed by atoms with Gasteiger partial charge >= 0.3 is 0 Å². The summed E-state index contributed by atoms with van der Waals surface area (Å²) >= 11 is 0. The summed E-state index contributed by atoms with van der Waals surface area (Å²) in [4.78, 5) is 21.2. The van der Waals surface area contributed by atoms with Gasteiger partial charge in [-0.25, -0.2) is 4.68 Å². The highest BCUT2D eigenvalue weighted by Gasteiger charge is 2.30. The molecule has 1 aliphatic heterocycles. The van der Waals surface area contributed by atoms with Crippen LogP contribution in [-0.2, 0) is 6.54 Å². The number of aliphatic hydroxyl groups is 1. The number of rotatable bonds is 5. The molecule has 2 unspecified atom stereocenters. The van der Waals surface area contributed by atoms with Gasteiger partial charge in [0, 0.05) is 62.8 Å². The minimum Gasteiger partial charge on any atom is -0.391 e. The van der Waals surface area contributed by atoms with Crippen LogP contribution in [0.4, 0.5) is 0 Å². The first-order valence-corrected chi connectivity index (χ1v) is 10.3. The average Bonchev–Trinajstić information content (AvgIpc) is 2.75. The van der Waals surface area contributed by atoms with E-state index in [9.17, 15) is 9.90 Å². The summed E-state index contributed by atoms with van der Waals surface area (Å²) in [5.41, 5.74) is 1.61. The first kappa shape index (κ1) is 19.2. The lowest BCUT2D eigenvalue weighted by atomic mass is 9.91. The van der Waals surface area contributed by atoms with Crippen molar-refractivity contribution in [1.29, 1.82) is 0 Å². The van der Waals surface area contributed by atoms with E-state index in [-0.39, 0.29) is 11.7 Å². The highest BCUT2D eigenvalue weighted by Crippen LogP contribution is 2.24. The largest absolute Gasteiger partial charge is 0.391 e. The van der Waals surface area contributed by atoms with Crippen LogP contribution in [0.25, 0.3) is 11.3 Å². The molecule has 2 aromatic rings. The van der Waals surface area contributed by atoms with Gasteiger partial charge < -0.3 is 5.11 Å². The van der Waals surface area contributed by atoms with Crippen LogP contribution in [0.5, 0.6) is 0 Å². The van der Waals surface area contributed by atoms with E-state index in [1.54, 1.807) is 29.2 Å². The third-order valence-corrected chi connectivity index (χ3v) is 6.02. The van der Waals surface area contributed by atoms with Crippen LogP contribution in [-0.4, -0.2) is 74.5 Å². The van der Waals surface area contributed by atoms with Gasteiger partial charge in [-0.05, 0) is 31.0 Å². The van der Waals surface area contributed by atoms with E-state index in [2.05, 4.69) is 19.9 Å². The number of nitrogens with zero attached hydrogens (tertiary/aromatic N) is 5. The van der Waals surface area contributed by atoms with Gasteiger partial charge in [-0.3, -0.25) is 19.6 Å². The number of hydrogen-bond donors (Lipinski definition) is 1. The van der Waals surface area contributed by atoms with E-state index in [4.69, 9.17) is 0 Å². The van der Waals surface area contributed by atoms with Gasteiger partial charge in [-0.2, -0.15) is 5.10 Å². The van der Waals surface area contributed by atoms with Gasteiger partial charge in [-0.15, -0.1) is 0 Å². The standard InChI is InChI=1S/C21H29N5O2/c27-20-6-2-1-5-19(20)25-13-10-24(11-14-25)12-15-26-21(28)8-7-18(23-26)17-4-3-9-22-16-17/h3-4,7-9,16,19-20,27H,1-2,5-6,10-15H2. The third kappa shape index (κ3) is 4.48. The van der Waals surface area contributed by atoms with Gasteiger partial charge in [0.1, 0.15) is 0 Å². The fraction of sp³-hybridized carbons (Fsp3) is 0.571. The van der Waals surface area contributed by atoms with Gasteiger partial charge in [-0.1, -0.05) is 12.8 Å². The molecule has 2 aliphatic rings. The van der Waals surface area contributed by atoms with Gasteiger partial charge in [0.15, 0.2) is 0 Å². The molecule has 150 valence electrons. The molecule has 1 N–H and O–H groups in total. The van der Waals surface area contributed by atoms with E-state index in [0.29, 0.717) is 12.6 Å². The molecule has 0 amide bonds. The summed E-state index contributed by atoms with van der Waals surface area (Å²) < 4.78 is 1.56. The normalized spacial score (nSPS) is 24.3. The Morgan fingerprint density at radius 2 is 1.86 bits per heavy atom. The molecule has 7 nitrogen and oxygen atoms in total. The van der Waals surface area contributed by atoms with Crippen LogP contribution in [0, 0.1) is 0 Å². The third-order valence-electron chi connectivity index (χ3n) is 6.02. The second-order valence-electron chi connectivity index (χ2n) is 7.82. The van der Waals surface area contributed by atoms with Crippen molar-refractivity contribution in [3.05, 3.63) is 47.0 Å². The Balaban J connectivity index is 1.32. The maximum Gasteiger partial charge on any atom is 0.266 e. The van der Waals surface area contributed by atoms with E-state index >= 15 is 0 Å². The first-order chi connectivity index (χ1) is 13.7. The summed E-state index contributed by atoms with van der Waals surface area (Å²) in [6.45, 7) is 5.31. The molecule has 2 aromatic heterocycles. The molecule has 28 heavy (non-hydrogen) atoms. The second kappa shape index (κ2) is 8.94.